The molecule has 2 aromatic rings. The van der Waals surface area contributed by atoms with Gasteiger partial charge in [0.2, 0.25) is 5.91 Å². The van der Waals surface area contributed by atoms with Crippen molar-refractivity contribution in [3.8, 4) is 11.5 Å². The molecule has 2 aromatic carbocycles. The fourth-order valence-electron chi connectivity index (χ4n) is 2.29. The lowest BCUT2D eigenvalue weighted by Crippen LogP contribution is -2.12. The zero-order valence-corrected chi connectivity index (χ0v) is 14.9. The summed E-state index contributed by atoms with van der Waals surface area (Å²) in [7, 11) is 2.85. The summed E-state index contributed by atoms with van der Waals surface area (Å²) in [5.74, 6) is 0.351. The Morgan fingerprint density at radius 3 is 2.54 bits per heavy atom. The smallest absolute Gasteiger partial charge is 0.339 e. The van der Waals surface area contributed by atoms with Gasteiger partial charge in [0, 0.05) is 6.08 Å². The molecule has 0 aliphatic carbocycles. The van der Waals surface area contributed by atoms with Crippen molar-refractivity contribution in [2.75, 3.05) is 26.1 Å². The molecule has 1 amide bonds. The lowest BCUT2D eigenvalue weighted by Gasteiger charge is -2.09. The summed E-state index contributed by atoms with van der Waals surface area (Å²) in [6.45, 7) is 2.43. The summed E-state index contributed by atoms with van der Waals surface area (Å²) in [6, 6.07) is 12.0. The molecular formula is C20H21NO5. The molecule has 0 aliphatic rings. The molecule has 0 saturated carbocycles. The van der Waals surface area contributed by atoms with E-state index in [0.717, 1.165) is 5.56 Å². The number of amides is 1. The van der Waals surface area contributed by atoms with Gasteiger partial charge in [-0.3, -0.25) is 4.79 Å². The van der Waals surface area contributed by atoms with E-state index in [2.05, 4.69) is 5.32 Å². The van der Waals surface area contributed by atoms with E-state index >= 15 is 0 Å². The fourth-order valence-corrected chi connectivity index (χ4v) is 2.29. The van der Waals surface area contributed by atoms with Gasteiger partial charge < -0.3 is 19.5 Å². The van der Waals surface area contributed by atoms with Crippen LogP contribution in [-0.2, 0) is 9.53 Å². The van der Waals surface area contributed by atoms with Crippen LogP contribution in [0.5, 0.6) is 11.5 Å². The van der Waals surface area contributed by atoms with Crippen molar-refractivity contribution < 1.29 is 23.8 Å². The highest BCUT2D eigenvalue weighted by Crippen LogP contribution is 2.28. The van der Waals surface area contributed by atoms with Crippen molar-refractivity contribution in [3.63, 3.8) is 0 Å². The predicted octanol–water partition coefficient (Wildman–Crippen LogP) is 3.53. The maximum atomic E-state index is 12.2. The number of hydrogen-bond donors (Lipinski definition) is 1. The maximum absolute atomic E-state index is 12.2. The normalized spacial score (nSPS) is 10.4. The molecule has 0 aliphatic heterocycles. The van der Waals surface area contributed by atoms with E-state index in [0.29, 0.717) is 29.4 Å². The number of ether oxygens (including phenoxy) is 3. The largest absolute Gasteiger partial charge is 0.493 e. The van der Waals surface area contributed by atoms with Crippen molar-refractivity contribution in [2.24, 2.45) is 0 Å². The number of para-hydroxylation sites is 1. The average molecular weight is 355 g/mol. The Labute approximate surface area is 152 Å². The van der Waals surface area contributed by atoms with Crippen molar-refractivity contribution in [2.45, 2.75) is 6.92 Å². The Balaban J connectivity index is 2.12. The maximum Gasteiger partial charge on any atom is 0.339 e. The molecule has 0 unspecified atom stereocenters. The second-order valence-electron chi connectivity index (χ2n) is 5.20. The highest BCUT2D eigenvalue weighted by Gasteiger charge is 2.12. The van der Waals surface area contributed by atoms with E-state index in [9.17, 15) is 9.59 Å². The zero-order valence-electron chi connectivity index (χ0n) is 14.9. The number of nitrogens with one attached hydrogen (secondary N) is 1. The highest BCUT2D eigenvalue weighted by atomic mass is 16.5. The molecule has 136 valence electrons. The third-order valence-electron chi connectivity index (χ3n) is 3.50. The minimum atomic E-state index is -0.513. The van der Waals surface area contributed by atoms with Crippen LogP contribution < -0.4 is 14.8 Å². The Kier molecular flexibility index (Phi) is 6.79. The standard InChI is InChI=1S/C20H21NO5/c1-4-26-17-11-9-14(13-18(17)24-2)10-12-19(22)21-16-8-6-5-7-15(16)20(23)25-3/h5-13H,4H2,1-3H3,(H,21,22)/b12-10+. The number of hydrogen-bond acceptors (Lipinski definition) is 5. The lowest BCUT2D eigenvalue weighted by molar-refractivity contribution is -0.111. The van der Waals surface area contributed by atoms with Crippen molar-refractivity contribution >= 4 is 23.6 Å². The number of esters is 1. The van der Waals surface area contributed by atoms with Gasteiger partial charge in [0.05, 0.1) is 32.1 Å². The summed E-state index contributed by atoms with van der Waals surface area (Å²) in [6.07, 6.45) is 3.03. The molecule has 6 nitrogen and oxygen atoms in total. The minimum absolute atomic E-state index is 0.291. The molecule has 0 atom stereocenters. The Morgan fingerprint density at radius 1 is 1.08 bits per heavy atom. The second-order valence-corrected chi connectivity index (χ2v) is 5.20. The SMILES string of the molecule is CCOc1ccc(/C=C/C(=O)Nc2ccccc2C(=O)OC)cc1OC. The molecule has 0 radical (unpaired) electrons. The number of rotatable bonds is 7. The third kappa shape index (κ3) is 4.86. The number of anilines is 1. The first kappa shape index (κ1) is 19.1. The molecule has 0 heterocycles. The molecule has 2 rings (SSSR count). The van der Waals surface area contributed by atoms with Crippen LogP contribution in [0.15, 0.2) is 48.5 Å². The third-order valence-corrected chi connectivity index (χ3v) is 3.50. The topological polar surface area (TPSA) is 73.9 Å². The molecule has 26 heavy (non-hydrogen) atoms. The monoisotopic (exact) mass is 355 g/mol. The van der Waals surface area contributed by atoms with Gasteiger partial charge in [0.15, 0.2) is 11.5 Å². The van der Waals surface area contributed by atoms with Gasteiger partial charge in [-0.05, 0) is 42.8 Å². The van der Waals surface area contributed by atoms with E-state index < -0.39 is 5.97 Å². The van der Waals surface area contributed by atoms with Crippen LogP contribution in [0.3, 0.4) is 0 Å². The Bertz CT molecular complexity index is 814. The highest BCUT2D eigenvalue weighted by molar-refractivity contribution is 6.06. The number of benzene rings is 2. The predicted molar refractivity (Wildman–Crippen MR) is 99.6 cm³/mol. The molecule has 0 saturated heterocycles. The molecule has 1 N–H and O–H groups in total. The second kappa shape index (κ2) is 9.27. The van der Waals surface area contributed by atoms with Crippen LogP contribution in [0.4, 0.5) is 5.69 Å². The van der Waals surface area contributed by atoms with E-state index in [1.807, 2.05) is 13.0 Å². The molecule has 6 heteroatoms. The molecule has 0 fully saturated rings. The first-order valence-electron chi connectivity index (χ1n) is 8.06. The van der Waals surface area contributed by atoms with Crippen LogP contribution in [-0.4, -0.2) is 32.7 Å². The van der Waals surface area contributed by atoms with Gasteiger partial charge >= 0.3 is 5.97 Å². The minimum Gasteiger partial charge on any atom is -0.493 e. The quantitative estimate of drug-likeness (QED) is 0.607. The van der Waals surface area contributed by atoms with Crippen LogP contribution >= 0.6 is 0 Å². The van der Waals surface area contributed by atoms with Crippen molar-refractivity contribution in [1.82, 2.24) is 0 Å². The summed E-state index contributed by atoms with van der Waals surface area (Å²) in [5.41, 5.74) is 1.46. The van der Waals surface area contributed by atoms with Gasteiger partial charge in [0.1, 0.15) is 0 Å². The molecule has 0 bridgehead atoms. The van der Waals surface area contributed by atoms with Crippen molar-refractivity contribution in [1.29, 1.82) is 0 Å². The van der Waals surface area contributed by atoms with E-state index in [-0.39, 0.29) is 5.91 Å². The van der Waals surface area contributed by atoms with Gasteiger partial charge in [-0.1, -0.05) is 18.2 Å². The van der Waals surface area contributed by atoms with Crippen LogP contribution in [0.1, 0.15) is 22.8 Å². The average Bonchev–Trinajstić information content (AvgIpc) is 2.67. The number of methoxy groups -OCH3 is 2. The number of carbonyl (C=O) groups excluding carboxylic acids is 2. The lowest BCUT2D eigenvalue weighted by atomic mass is 10.1. The fraction of sp³-hybridized carbons (Fsp3) is 0.200. The van der Waals surface area contributed by atoms with Gasteiger partial charge in [-0.25, -0.2) is 4.79 Å². The number of carbonyl (C=O) groups is 2. The van der Waals surface area contributed by atoms with E-state index in [1.165, 1.54) is 13.2 Å². The van der Waals surface area contributed by atoms with Gasteiger partial charge in [0.25, 0.3) is 0 Å². The van der Waals surface area contributed by atoms with Crippen LogP contribution in [0.2, 0.25) is 0 Å². The van der Waals surface area contributed by atoms with Gasteiger partial charge in [-0.15, -0.1) is 0 Å². The first-order chi connectivity index (χ1) is 12.6. The molecule has 0 aromatic heterocycles. The van der Waals surface area contributed by atoms with Gasteiger partial charge in [-0.2, -0.15) is 0 Å². The van der Waals surface area contributed by atoms with E-state index in [1.54, 1.807) is 49.6 Å². The zero-order chi connectivity index (χ0) is 18.9. The Hall–Kier alpha value is -3.28. The van der Waals surface area contributed by atoms with E-state index in [4.69, 9.17) is 14.2 Å². The summed E-state index contributed by atoms with van der Waals surface area (Å²) >= 11 is 0. The summed E-state index contributed by atoms with van der Waals surface area (Å²) in [5, 5.41) is 2.67. The van der Waals surface area contributed by atoms with Crippen LogP contribution in [0.25, 0.3) is 6.08 Å². The molecule has 0 spiro atoms. The molecular weight excluding hydrogens is 334 g/mol. The Morgan fingerprint density at radius 2 is 1.85 bits per heavy atom. The summed E-state index contributed by atoms with van der Waals surface area (Å²) < 4.78 is 15.5. The van der Waals surface area contributed by atoms with Crippen LogP contribution in [0, 0.1) is 0 Å². The van der Waals surface area contributed by atoms with Crippen molar-refractivity contribution in [3.05, 3.63) is 59.7 Å². The first-order valence-corrected chi connectivity index (χ1v) is 8.06. The summed E-state index contributed by atoms with van der Waals surface area (Å²) in [4.78, 5) is 23.9.